The maximum atomic E-state index is 13.6. The molecule has 3 heterocycles. The van der Waals surface area contributed by atoms with E-state index in [1.54, 1.807) is 18.3 Å². The molecule has 1 aliphatic heterocycles. The fourth-order valence-electron chi connectivity index (χ4n) is 4.77. The second-order valence-corrected chi connectivity index (χ2v) is 11.3. The van der Waals surface area contributed by atoms with Gasteiger partial charge in [-0.15, -0.1) is 0 Å². The van der Waals surface area contributed by atoms with Crippen molar-refractivity contribution in [2.24, 2.45) is 11.7 Å². The summed E-state index contributed by atoms with van der Waals surface area (Å²) in [6.45, 7) is 10.5. The van der Waals surface area contributed by atoms with Crippen molar-refractivity contribution in [3.63, 3.8) is 0 Å². The molecule has 1 aliphatic rings. The van der Waals surface area contributed by atoms with Gasteiger partial charge in [0.1, 0.15) is 36.3 Å². The number of nitrogens with zero attached hydrogens (tertiary/aromatic N) is 2. The number of fused-ring (bicyclic) bond motifs is 3. The Bertz CT molecular complexity index is 1670. The molecule has 0 fully saturated rings. The molecule has 0 saturated carbocycles. The zero-order chi connectivity index (χ0) is 33.1. The van der Waals surface area contributed by atoms with Crippen LogP contribution in [0, 0.1) is 25.6 Å². The number of pyridine rings is 2. The number of ether oxygens (including phenoxy) is 2. The Balaban J connectivity index is 0.000000248. The normalized spacial score (nSPS) is 11.7. The molecule has 4 aromatic rings. The maximum Gasteiger partial charge on any atom is 0.373 e. The molecular formula is C34H36ClFN4O5. The van der Waals surface area contributed by atoms with Crippen LogP contribution in [0.2, 0.25) is 5.02 Å². The standard InChI is InChI=1S/C20H25N3O3.C13H11ClFN.CO2/c1-12(2)6-15(21)11-25-16-4-5-17-14(7-16)10-26-19-9-22-20(8-18(17)19)23-13(3)24;1-8-5-10(14)3-4-11(8)12-6-9(2)16-7-13(12)15;2-1-3/h4-5,7-9,12,15H,6,10-11,21H2,1-3H3,(H,22,23,24);3-7H,1-2H3;/t15-;;/m0../s1. The van der Waals surface area contributed by atoms with Gasteiger partial charge in [-0.25, -0.2) is 9.37 Å². The largest absolute Gasteiger partial charge is 0.492 e. The fourth-order valence-corrected chi connectivity index (χ4v) is 5.00. The summed E-state index contributed by atoms with van der Waals surface area (Å²) in [6.07, 6.45) is 4.07. The number of aryl methyl sites for hydroxylation is 2. The quantitative estimate of drug-likeness (QED) is 0.224. The first-order valence-corrected chi connectivity index (χ1v) is 14.6. The van der Waals surface area contributed by atoms with Crippen LogP contribution in [-0.2, 0) is 21.0 Å². The van der Waals surface area contributed by atoms with Gasteiger partial charge in [0, 0.05) is 40.4 Å². The highest BCUT2D eigenvalue weighted by molar-refractivity contribution is 6.30. The van der Waals surface area contributed by atoms with E-state index in [2.05, 4.69) is 29.1 Å². The van der Waals surface area contributed by atoms with Crippen molar-refractivity contribution in [3.8, 4) is 33.8 Å². The Hall–Kier alpha value is -4.63. The summed E-state index contributed by atoms with van der Waals surface area (Å²) in [7, 11) is 0. The van der Waals surface area contributed by atoms with E-state index in [0.29, 0.717) is 41.3 Å². The number of halogens is 2. The maximum absolute atomic E-state index is 13.6. The van der Waals surface area contributed by atoms with Gasteiger partial charge in [0.15, 0.2) is 0 Å². The molecule has 1 atom stereocenters. The molecule has 45 heavy (non-hydrogen) atoms. The number of rotatable bonds is 7. The third-order valence-electron chi connectivity index (χ3n) is 6.63. The first-order chi connectivity index (χ1) is 21.4. The lowest BCUT2D eigenvalue weighted by Gasteiger charge is -2.22. The van der Waals surface area contributed by atoms with E-state index >= 15 is 0 Å². The van der Waals surface area contributed by atoms with Gasteiger partial charge in [-0.05, 0) is 79.3 Å². The van der Waals surface area contributed by atoms with Crippen molar-refractivity contribution in [1.29, 1.82) is 0 Å². The second-order valence-electron chi connectivity index (χ2n) is 10.9. The fraction of sp³-hybridized carbons (Fsp3) is 0.294. The molecule has 0 saturated heterocycles. The van der Waals surface area contributed by atoms with Gasteiger partial charge in [0.25, 0.3) is 0 Å². The van der Waals surface area contributed by atoms with Gasteiger partial charge in [0.2, 0.25) is 5.91 Å². The van der Waals surface area contributed by atoms with Crippen molar-refractivity contribution < 1.29 is 28.2 Å². The Morgan fingerprint density at radius 3 is 2.42 bits per heavy atom. The van der Waals surface area contributed by atoms with Crippen LogP contribution < -0.4 is 20.5 Å². The van der Waals surface area contributed by atoms with Crippen LogP contribution in [-0.4, -0.2) is 34.7 Å². The molecule has 3 N–H and O–H groups in total. The number of amides is 1. The third kappa shape index (κ3) is 10.2. The Morgan fingerprint density at radius 1 is 1.04 bits per heavy atom. The number of aromatic nitrogens is 2. The van der Waals surface area contributed by atoms with Crippen LogP contribution >= 0.6 is 11.6 Å². The molecule has 236 valence electrons. The van der Waals surface area contributed by atoms with Gasteiger partial charge < -0.3 is 20.5 Å². The topological polar surface area (TPSA) is 134 Å². The molecule has 11 heteroatoms. The van der Waals surface area contributed by atoms with Gasteiger partial charge >= 0.3 is 6.15 Å². The summed E-state index contributed by atoms with van der Waals surface area (Å²) in [4.78, 5) is 35.6. The minimum absolute atomic E-state index is 0.0225. The zero-order valence-corrected chi connectivity index (χ0v) is 26.6. The Kier molecular flexibility index (Phi) is 12.7. The second kappa shape index (κ2) is 16.4. The van der Waals surface area contributed by atoms with Crippen LogP contribution in [0.1, 0.15) is 44.0 Å². The molecule has 0 bridgehead atoms. The highest BCUT2D eigenvalue weighted by atomic mass is 35.5. The molecule has 0 spiro atoms. The van der Waals surface area contributed by atoms with Crippen molar-refractivity contribution in [2.75, 3.05) is 11.9 Å². The minimum atomic E-state index is -0.309. The van der Waals surface area contributed by atoms with Crippen LogP contribution in [0.15, 0.2) is 60.9 Å². The van der Waals surface area contributed by atoms with Gasteiger partial charge in [-0.2, -0.15) is 9.59 Å². The van der Waals surface area contributed by atoms with Crippen molar-refractivity contribution >= 4 is 29.5 Å². The summed E-state index contributed by atoms with van der Waals surface area (Å²) in [6, 6.07) is 14.9. The highest BCUT2D eigenvalue weighted by Gasteiger charge is 2.19. The molecule has 2 aromatic heterocycles. The molecule has 2 aromatic carbocycles. The summed E-state index contributed by atoms with van der Waals surface area (Å²) < 4.78 is 25.3. The number of carbonyl (C=O) groups is 1. The number of benzene rings is 2. The average molecular weight is 635 g/mol. The number of nitrogens with two attached hydrogens (primary N) is 1. The van der Waals surface area contributed by atoms with E-state index in [0.717, 1.165) is 45.7 Å². The van der Waals surface area contributed by atoms with Crippen molar-refractivity contribution in [3.05, 3.63) is 88.6 Å². The van der Waals surface area contributed by atoms with Crippen LogP contribution in [0.3, 0.4) is 0 Å². The zero-order valence-electron chi connectivity index (χ0n) is 25.8. The minimum Gasteiger partial charge on any atom is -0.492 e. The van der Waals surface area contributed by atoms with E-state index in [9.17, 15) is 9.18 Å². The molecule has 9 nitrogen and oxygen atoms in total. The van der Waals surface area contributed by atoms with E-state index in [1.807, 2.05) is 50.2 Å². The lowest BCUT2D eigenvalue weighted by molar-refractivity contribution is -0.191. The van der Waals surface area contributed by atoms with Crippen molar-refractivity contribution in [1.82, 2.24) is 9.97 Å². The highest BCUT2D eigenvalue weighted by Crippen LogP contribution is 2.39. The van der Waals surface area contributed by atoms with Gasteiger partial charge in [0.05, 0.1) is 12.4 Å². The molecular weight excluding hydrogens is 599 g/mol. The molecule has 5 rings (SSSR count). The number of hydrogen-bond acceptors (Lipinski definition) is 8. The van der Waals surface area contributed by atoms with Crippen molar-refractivity contribution in [2.45, 2.75) is 53.7 Å². The van der Waals surface area contributed by atoms with Crippen LogP contribution in [0.5, 0.6) is 11.5 Å². The summed E-state index contributed by atoms with van der Waals surface area (Å²) in [5.74, 6) is 2.08. The molecule has 0 aliphatic carbocycles. The number of carbonyl (C=O) groups excluding carboxylic acids is 3. The first-order valence-electron chi connectivity index (χ1n) is 14.2. The first kappa shape index (κ1) is 34.9. The van der Waals surface area contributed by atoms with Gasteiger partial charge in [-0.1, -0.05) is 37.6 Å². The number of hydrogen-bond donors (Lipinski definition) is 2. The van der Waals surface area contributed by atoms with E-state index in [-0.39, 0.29) is 23.9 Å². The monoisotopic (exact) mass is 634 g/mol. The SMILES string of the molecule is CC(=O)Nc1cc2c(cn1)OCc1cc(OC[C@@H](N)CC(C)C)ccc1-2.Cc1cc(-c2ccc(Cl)cc2C)c(F)cn1.O=C=O. The lowest BCUT2D eigenvalue weighted by Crippen LogP contribution is -2.29. The smallest absolute Gasteiger partial charge is 0.373 e. The van der Waals surface area contributed by atoms with E-state index < -0.39 is 0 Å². The molecule has 0 radical (unpaired) electrons. The van der Waals surface area contributed by atoms with Gasteiger partial charge in [-0.3, -0.25) is 9.78 Å². The Morgan fingerprint density at radius 2 is 1.76 bits per heavy atom. The summed E-state index contributed by atoms with van der Waals surface area (Å²) in [5.41, 5.74) is 12.3. The Labute approximate surface area is 266 Å². The van der Waals surface area contributed by atoms with Crippen LogP contribution in [0.25, 0.3) is 22.3 Å². The molecule has 0 unspecified atom stereocenters. The molecule has 1 amide bonds. The van der Waals surface area contributed by atoms with Crippen LogP contribution in [0.4, 0.5) is 10.2 Å². The predicted octanol–water partition coefficient (Wildman–Crippen LogP) is 6.93. The third-order valence-corrected chi connectivity index (χ3v) is 6.87. The van der Waals surface area contributed by atoms with E-state index in [1.165, 1.54) is 13.1 Å². The average Bonchev–Trinajstić information content (AvgIpc) is 2.97. The number of anilines is 1. The van der Waals surface area contributed by atoms with E-state index in [4.69, 9.17) is 36.4 Å². The number of nitrogens with one attached hydrogen (secondary N) is 1. The summed E-state index contributed by atoms with van der Waals surface area (Å²) in [5, 5.41) is 3.36. The summed E-state index contributed by atoms with van der Waals surface area (Å²) >= 11 is 5.87. The predicted molar refractivity (Wildman–Crippen MR) is 170 cm³/mol. The lowest BCUT2D eigenvalue weighted by atomic mass is 9.97.